The Labute approximate surface area is 109 Å². The van der Waals surface area contributed by atoms with Crippen LogP contribution >= 0.6 is 11.3 Å². The monoisotopic (exact) mass is 261 g/mol. The molecule has 2 aromatic rings. The quantitative estimate of drug-likeness (QED) is 0.889. The Kier molecular flexibility index (Phi) is 3.01. The fourth-order valence-corrected chi connectivity index (χ4v) is 2.78. The first-order valence-corrected chi connectivity index (χ1v) is 6.97. The Morgan fingerprint density at radius 2 is 2.39 bits per heavy atom. The molecule has 1 aliphatic heterocycles. The molecule has 0 bridgehead atoms. The van der Waals surface area contributed by atoms with E-state index in [9.17, 15) is 4.79 Å². The van der Waals surface area contributed by atoms with Crippen LogP contribution in [0.5, 0.6) is 0 Å². The summed E-state index contributed by atoms with van der Waals surface area (Å²) in [4.78, 5) is 16.3. The lowest BCUT2D eigenvalue weighted by Crippen LogP contribution is -2.48. The van der Waals surface area contributed by atoms with Crippen LogP contribution in [0.3, 0.4) is 0 Å². The minimum absolute atomic E-state index is 0.0587. The molecule has 0 spiro atoms. The van der Waals surface area contributed by atoms with Gasteiger partial charge < -0.3 is 10.6 Å². The number of amides is 1. The predicted molar refractivity (Wildman–Crippen MR) is 73.8 cm³/mol. The van der Waals surface area contributed by atoms with Gasteiger partial charge in [-0.15, -0.1) is 11.3 Å². The first-order valence-electron chi connectivity index (χ1n) is 6.09. The van der Waals surface area contributed by atoms with E-state index in [4.69, 9.17) is 0 Å². The molecule has 1 aromatic carbocycles. The number of aromatic nitrogens is 1. The van der Waals surface area contributed by atoms with Gasteiger partial charge in [0, 0.05) is 11.6 Å². The number of thiazole rings is 1. The molecule has 1 aromatic heterocycles. The molecule has 0 aliphatic carbocycles. The van der Waals surface area contributed by atoms with E-state index in [1.54, 1.807) is 11.3 Å². The number of rotatable bonds is 3. The molecule has 4 nitrogen and oxygen atoms in total. The summed E-state index contributed by atoms with van der Waals surface area (Å²) >= 11 is 1.59. The minimum atomic E-state index is 0.0587. The van der Waals surface area contributed by atoms with Gasteiger partial charge in [0.2, 0.25) is 5.91 Å². The Hall–Kier alpha value is -1.46. The molecule has 0 saturated carbocycles. The molecule has 0 radical (unpaired) electrons. The maximum Gasteiger partial charge on any atom is 0.227 e. The Balaban J connectivity index is 1.72. The van der Waals surface area contributed by atoms with Crippen LogP contribution in [-0.4, -0.2) is 24.0 Å². The lowest BCUT2D eigenvalue weighted by molar-refractivity contribution is -0.121. The number of carbonyl (C=O) groups is 1. The molecule has 2 heterocycles. The number of hydrogen-bond acceptors (Lipinski definition) is 4. The molecule has 2 N–H and O–H groups in total. The van der Waals surface area contributed by atoms with E-state index in [1.807, 2.05) is 30.6 Å². The number of benzene rings is 1. The molecule has 5 heteroatoms. The maximum absolute atomic E-state index is 12.1. The molecular weight excluding hydrogens is 246 g/mol. The van der Waals surface area contributed by atoms with Crippen LogP contribution in [0.15, 0.2) is 23.7 Å². The number of fused-ring (bicyclic) bond motifs is 1. The highest BCUT2D eigenvalue weighted by Crippen LogP contribution is 2.23. The summed E-state index contributed by atoms with van der Waals surface area (Å²) in [6, 6.07) is 5.83. The standard InChI is InChI=1S/C13H15N3OS/c1-8(9-5-14-6-9)13(17)16-10-2-3-11-12(4-10)18-7-15-11/h2-4,7-9,14H,5-6H2,1H3,(H,16,17). The Morgan fingerprint density at radius 3 is 3.11 bits per heavy atom. The van der Waals surface area contributed by atoms with E-state index < -0.39 is 0 Å². The SMILES string of the molecule is CC(C(=O)Nc1ccc2ncsc2c1)C1CNC1. The normalized spacial score (nSPS) is 17.4. The lowest BCUT2D eigenvalue weighted by Gasteiger charge is -2.31. The van der Waals surface area contributed by atoms with Crippen LogP contribution in [-0.2, 0) is 4.79 Å². The van der Waals surface area contributed by atoms with E-state index in [2.05, 4.69) is 15.6 Å². The topological polar surface area (TPSA) is 54.0 Å². The summed E-state index contributed by atoms with van der Waals surface area (Å²) in [5.41, 5.74) is 3.66. The fourth-order valence-electron chi connectivity index (χ4n) is 2.07. The molecule has 1 unspecified atom stereocenters. The van der Waals surface area contributed by atoms with Gasteiger partial charge in [-0.3, -0.25) is 4.79 Å². The summed E-state index contributed by atoms with van der Waals surface area (Å²) in [5, 5.41) is 6.18. The number of nitrogens with zero attached hydrogens (tertiary/aromatic N) is 1. The number of nitrogens with one attached hydrogen (secondary N) is 2. The third kappa shape index (κ3) is 2.11. The van der Waals surface area contributed by atoms with Crippen molar-refractivity contribution >= 4 is 33.1 Å². The summed E-state index contributed by atoms with van der Waals surface area (Å²) in [5.74, 6) is 0.630. The van der Waals surface area contributed by atoms with Crippen LogP contribution in [0.2, 0.25) is 0 Å². The van der Waals surface area contributed by atoms with Crippen molar-refractivity contribution in [1.29, 1.82) is 0 Å². The lowest BCUT2D eigenvalue weighted by atomic mass is 9.88. The van der Waals surface area contributed by atoms with Gasteiger partial charge in [-0.2, -0.15) is 0 Å². The number of hydrogen-bond donors (Lipinski definition) is 2. The first-order chi connectivity index (χ1) is 8.74. The van der Waals surface area contributed by atoms with Crippen molar-refractivity contribution in [3.63, 3.8) is 0 Å². The second-order valence-corrected chi connectivity index (χ2v) is 5.62. The molecule has 1 aliphatic rings. The van der Waals surface area contributed by atoms with Crippen molar-refractivity contribution in [2.75, 3.05) is 18.4 Å². The molecule has 3 rings (SSSR count). The van der Waals surface area contributed by atoms with E-state index in [0.29, 0.717) is 5.92 Å². The zero-order valence-corrected chi connectivity index (χ0v) is 11.0. The smallest absolute Gasteiger partial charge is 0.227 e. The van der Waals surface area contributed by atoms with Crippen molar-refractivity contribution in [2.45, 2.75) is 6.92 Å². The number of anilines is 1. The highest BCUT2D eigenvalue weighted by Gasteiger charge is 2.28. The van der Waals surface area contributed by atoms with Crippen molar-refractivity contribution in [1.82, 2.24) is 10.3 Å². The summed E-state index contributed by atoms with van der Waals surface area (Å²) in [7, 11) is 0. The van der Waals surface area contributed by atoms with Gasteiger partial charge in [0.15, 0.2) is 0 Å². The molecule has 18 heavy (non-hydrogen) atoms. The van der Waals surface area contributed by atoms with Gasteiger partial charge in [0.05, 0.1) is 15.7 Å². The molecule has 1 atom stereocenters. The Morgan fingerprint density at radius 1 is 1.56 bits per heavy atom. The Bertz CT molecular complexity index is 576. The predicted octanol–water partition coefficient (Wildman–Crippen LogP) is 2.09. The second-order valence-electron chi connectivity index (χ2n) is 4.73. The molecular formula is C13H15N3OS. The summed E-state index contributed by atoms with van der Waals surface area (Å²) < 4.78 is 1.10. The minimum Gasteiger partial charge on any atom is -0.326 e. The van der Waals surface area contributed by atoms with Crippen molar-refractivity contribution in [2.24, 2.45) is 11.8 Å². The average molecular weight is 261 g/mol. The number of carbonyl (C=O) groups excluding carboxylic acids is 1. The zero-order chi connectivity index (χ0) is 12.5. The van der Waals surface area contributed by atoms with E-state index in [0.717, 1.165) is 29.0 Å². The van der Waals surface area contributed by atoms with Crippen LogP contribution in [0.25, 0.3) is 10.2 Å². The van der Waals surface area contributed by atoms with Crippen LogP contribution in [0, 0.1) is 11.8 Å². The van der Waals surface area contributed by atoms with Crippen LogP contribution in [0.4, 0.5) is 5.69 Å². The van der Waals surface area contributed by atoms with Crippen LogP contribution in [0.1, 0.15) is 6.92 Å². The largest absolute Gasteiger partial charge is 0.326 e. The maximum atomic E-state index is 12.1. The van der Waals surface area contributed by atoms with E-state index in [-0.39, 0.29) is 11.8 Å². The van der Waals surface area contributed by atoms with Crippen molar-refractivity contribution < 1.29 is 4.79 Å². The summed E-state index contributed by atoms with van der Waals surface area (Å²) in [6.45, 7) is 3.89. The van der Waals surface area contributed by atoms with Crippen molar-refractivity contribution in [3.8, 4) is 0 Å². The first kappa shape index (κ1) is 11.6. The van der Waals surface area contributed by atoms with Gasteiger partial charge in [0.1, 0.15) is 0 Å². The molecule has 1 fully saturated rings. The molecule has 1 saturated heterocycles. The fraction of sp³-hybridized carbons (Fsp3) is 0.385. The van der Waals surface area contributed by atoms with E-state index >= 15 is 0 Å². The highest BCUT2D eigenvalue weighted by atomic mass is 32.1. The summed E-state index contributed by atoms with van der Waals surface area (Å²) in [6.07, 6.45) is 0. The third-order valence-electron chi connectivity index (χ3n) is 3.53. The highest BCUT2D eigenvalue weighted by molar-refractivity contribution is 7.16. The van der Waals surface area contributed by atoms with Gasteiger partial charge in [0.25, 0.3) is 0 Å². The van der Waals surface area contributed by atoms with Gasteiger partial charge >= 0.3 is 0 Å². The third-order valence-corrected chi connectivity index (χ3v) is 4.32. The molecule has 94 valence electrons. The van der Waals surface area contributed by atoms with Gasteiger partial charge in [-0.25, -0.2) is 4.98 Å². The van der Waals surface area contributed by atoms with E-state index in [1.165, 1.54) is 0 Å². The van der Waals surface area contributed by atoms with Gasteiger partial charge in [-0.1, -0.05) is 6.92 Å². The second kappa shape index (κ2) is 4.66. The average Bonchev–Trinajstić information content (AvgIpc) is 2.73. The zero-order valence-electron chi connectivity index (χ0n) is 10.1. The van der Waals surface area contributed by atoms with Gasteiger partial charge in [-0.05, 0) is 37.2 Å². The van der Waals surface area contributed by atoms with Crippen molar-refractivity contribution in [3.05, 3.63) is 23.7 Å². The van der Waals surface area contributed by atoms with Crippen LogP contribution < -0.4 is 10.6 Å². The molecule has 1 amide bonds.